The van der Waals surface area contributed by atoms with E-state index in [-0.39, 0.29) is 36.7 Å². The molecule has 1 aliphatic rings. The first-order valence-electron chi connectivity index (χ1n) is 16.7. The van der Waals surface area contributed by atoms with E-state index in [1.807, 2.05) is 88.1 Å². The fraction of sp³-hybridized carbons (Fsp3) is 0.421. The monoisotopic (exact) mass is 671 g/mol. The minimum Gasteiger partial charge on any atom is -0.518 e. The van der Waals surface area contributed by atoms with E-state index in [1.165, 1.54) is 9.80 Å². The van der Waals surface area contributed by atoms with Crippen LogP contribution in [0.3, 0.4) is 0 Å². The maximum absolute atomic E-state index is 13.5. The second-order valence-corrected chi connectivity index (χ2v) is 18.2. The molecular weight excluding hydrogens is 623 g/mol. The Bertz CT molecular complexity index is 1540. The summed E-state index contributed by atoms with van der Waals surface area (Å²) >= 11 is 0. The minimum atomic E-state index is -2.18. The Hall–Kier alpha value is -4.44. The maximum Gasteiger partial charge on any atom is 0.407 e. The molecule has 3 aromatic rings. The van der Waals surface area contributed by atoms with Gasteiger partial charge in [0.2, 0.25) is 20.1 Å². The molecule has 0 spiro atoms. The first kappa shape index (κ1) is 36.4. The van der Waals surface area contributed by atoms with Gasteiger partial charge < -0.3 is 24.3 Å². The number of carbonyl (C=O) groups excluding carboxylic acids is 4. The van der Waals surface area contributed by atoms with Crippen LogP contribution in [0.15, 0.2) is 78.9 Å². The summed E-state index contributed by atoms with van der Waals surface area (Å²) in [5.41, 5.74) is 5.44. The van der Waals surface area contributed by atoms with Crippen LogP contribution in [0.5, 0.6) is 0 Å². The quantitative estimate of drug-likeness (QED) is 0.204. The molecule has 0 unspecified atom stereocenters. The van der Waals surface area contributed by atoms with Crippen molar-refractivity contribution in [3.05, 3.63) is 95.6 Å². The number of carbonyl (C=O) groups is 4. The Morgan fingerprint density at radius 1 is 0.833 bits per heavy atom. The SMILES string of the molecule is CC(C)[C@H](NC(=O)OCC1c2ccccc2-c2ccccc21)C(=O)N(C)CCCC(=O)N(C)[C@@H](Cc1ccccc1)C(=O)O[Si](C)(C)C. The average Bonchev–Trinajstić information content (AvgIpc) is 3.37. The molecule has 1 N–H and O–H groups in total. The molecule has 256 valence electrons. The van der Waals surface area contributed by atoms with E-state index in [2.05, 4.69) is 29.6 Å². The lowest BCUT2D eigenvalue weighted by atomic mass is 9.98. The number of benzene rings is 3. The zero-order chi connectivity index (χ0) is 35.0. The zero-order valence-corrected chi connectivity index (χ0v) is 30.2. The van der Waals surface area contributed by atoms with Gasteiger partial charge in [-0.25, -0.2) is 4.79 Å². The number of ether oxygens (including phenoxy) is 1. The third kappa shape index (κ3) is 9.34. The summed E-state index contributed by atoms with van der Waals surface area (Å²) in [6.07, 6.45) is 0.236. The molecule has 3 aromatic carbocycles. The summed E-state index contributed by atoms with van der Waals surface area (Å²) in [5.74, 6) is -1.15. The van der Waals surface area contributed by atoms with Gasteiger partial charge in [0.25, 0.3) is 0 Å². The van der Waals surface area contributed by atoms with Crippen molar-refractivity contribution in [3.63, 3.8) is 0 Å². The van der Waals surface area contributed by atoms with Gasteiger partial charge >= 0.3 is 12.1 Å². The number of alkyl carbamates (subject to hydrolysis) is 1. The maximum atomic E-state index is 13.5. The molecule has 10 heteroatoms. The van der Waals surface area contributed by atoms with E-state index in [1.54, 1.807) is 14.1 Å². The first-order chi connectivity index (χ1) is 22.8. The largest absolute Gasteiger partial charge is 0.518 e. The molecule has 0 aliphatic heterocycles. The van der Waals surface area contributed by atoms with Gasteiger partial charge in [-0.3, -0.25) is 14.4 Å². The third-order valence-corrected chi connectivity index (χ3v) is 9.44. The van der Waals surface area contributed by atoms with Crippen molar-refractivity contribution in [3.8, 4) is 11.1 Å². The molecule has 48 heavy (non-hydrogen) atoms. The summed E-state index contributed by atoms with van der Waals surface area (Å²) in [6.45, 7) is 10.00. The van der Waals surface area contributed by atoms with Gasteiger partial charge in [0.15, 0.2) is 0 Å². The van der Waals surface area contributed by atoms with Crippen LogP contribution in [0.25, 0.3) is 11.1 Å². The van der Waals surface area contributed by atoms with Crippen molar-refractivity contribution in [2.45, 2.75) is 70.8 Å². The molecule has 0 radical (unpaired) electrons. The highest BCUT2D eigenvalue weighted by Gasteiger charge is 2.33. The van der Waals surface area contributed by atoms with Gasteiger partial charge in [0, 0.05) is 39.4 Å². The zero-order valence-electron chi connectivity index (χ0n) is 29.2. The van der Waals surface area contributed by atoms with Gasteiger partial charge in [0.1, 0.15) is 18.7 Å². The first-order valence-corrected chi connectivity index (χ1v) is 20.1. The number of amides is 3. The van der Waals surface area contributed by atoms with E-state index in [4.69, 9.17) is 9.16 Å². The highest BCUT2D eigenvalue weighted by atomic mass is 28.4. The Morgan fingerprint density at radius 2 is 1.40 bits per heavy atom. The number of fused-ring (bicyclic) bond motifs is 3. The van der Waals surface area contributed by atoms with Crippen LogP contribution < -0.4 is 5.32 Å². The van der Waals surface area contributed by atoms with Crippen LogP contribution >= 0.6 is 0 Å². The molecule has 0 heterocycles. The molecule has 2 atom stereocenters. The number of hydrogen-bond donors (Lipinski definition) is 1. The normalized spacial score (nSPS) is 13.6. The van der Waals surface area contributed by atoms with E-state index >= 15 is 0 Å². The highest BCUT2D eigenvalue weighted by molar-refractivity contribution is 6.71. The van der Waals surface area contributed by atoms with E-state index < -0.39 is 32.5 Å². The Kier molecular flexibility index (Phi) is 12.2. The summed E-state index contributed by atoms with van der Waals surface area (Å²) < 4.78 is 11.5. The van der Waals surface area contributed by atoms with E-state index in [9.17, 15) is 19.2 Å². The van der Waals surface area contributed by atoms with Gasteiger partial charge in [0.05, 0.1) is 0 Å². The molecular formula is C38H49N3O6Si. The summed E-state index contributed by atoms with van der Waals surface area (Å²) in [6, 6.07) is 24.3. The number of nitrogens with one attached hydrogen (secondary N) is 1. The fourth-order valence-electron chi connectivity index (χ4n) is 6.03. The molecule has 4 rings (SSSR count). The summed E-state index contributed by atoms with van der Waals surface area (Å²) in [5, 5.41) is 2.78. The lowest BCUT2D eigenvalue weighted by Gasteiger charge is -2.30. The Balaban J connectivity index is 1.30. The van der Waals surface area contributed by atoms with Crippen LogP contribution in [-0.4, -0.2) is 81.3 Å². The van der Waals surface area contributed by atoms with Crippen molar-refractivity contribution < 1.29 is 28.3 Å². The van der Waals surface area contributed by atoms with E-state index in [0.29, 0.717) is 19.4 Å². The summed E-state index contributed by atoms with van der Waals surface area (Å²) in [4.78, 5) is 55.9. The van der Waals surface area contributed by atoms with Gasteiger partial charge in [-0.2, -0.15) is 0 Å². The molecule has 0 saturated carbocycles. The molecule has 3 amide bonds. The molecule has 0 bridgehead atoms. The number of rotatable bonds is 14. The second-order valence-electron chi connectivity index (χ2n) is 13.8. The van der Waals surface area contributed by atoms with Crippen LogP contribution in [0, 0.1) is 5.92 Å². The fourth-order valence-corrected chi connectivity index (χ4v) is 6.77. The topological polar surface area (TPSA) is 105 Å². The van der Waals surface area contributed by atoms with E-state index in [0.717, 1.165) is 27.8 Å². The van der Waals surface area contributed by atoms with Crippen LogP contribution in [0.1, 0.15) is 49.3 Å². The molecule has 0 fully saturated rings. The lowest BCUT2D eigenvalue weighted by molar-refractivity contribution is -0.147. The van der Waals surface area contributed by atoms with Gasteiger partial charge in [-0.05, 0) is 59.8 Å². The molecule has 9 nitrogen and oxygen atoms in total. The van der Waals surface area contributed by atoms with Crippen molar-refractivity contribution in [1.82, 2.24) is 15.1 Å². The second kappa shape index (κ2) is 16.1. The summed E-state index contributed by atoms with van der Waals surface area (Å²) in [7, 11) is 1.11. The lowest BCUT2D eigenvalue weighted by Crippen LogP contribution is -2.50. The Morgan fingerprint density at radius 3 is 1.96 bits per heavy atom. The van der Waals surface area contributed by atoms with Crippen molar-refractivity contribution >= 4 is 32.2 Å². The van der Waals surface area contributed by atoms with Crippen LogP contribution in [0.2, 0.25) is 19.6 Å². The number of likely N-dealkylation sites (N-methyl/N-ethyl adjacent to an activating group) is 2. The predicted molar refractivity (Wildman–Crippen MR) is 190 cm³/mol. The minimum absolute atomic E-state index is 0.0839. The van der Waals surface area contributed by atoms with Crippen molar-refractivity contribution in [2.75, 3.05) is 27.2 Å². The van der Waals surface area contributed by atoms with Gasteiger partial charge in [-0.15, -0.1) is 0 Å². The standard InChI is InChI=1S/C38H49N3O6Si/c1-26(2)35(39-38(45)46-25-32-30-20-13-11-18-28(30)29-19-12-14-21-31(29)32)36(43)40(3)23-15-22-34(42)41(4)33(37(44)47-48(5,6)7)24-27-16-9-8-10-17-27/h8-14,16-21,26,32-33,35H,15,22-25H2,1-7H3,(H,39,45)/t33-,35-/m0/s1. The Labute approximate surface area is 285 Å². The predicted octanol–water partition coefficient (Wildman–Crippen LogP) is 6.24. The van der Waals surface area contributed by atoms with Crippen molar-refractivity contribution in [2.24, 2.45) is 5.92 Å². The van der Waals surface area contributed by atoms with Crippen molar-refractivity contribution in [1.29, 1.82) is 0 Å². The van der Waals surface area contributed by atoms with Gasteiger partial charge in [-0.1, -0.05) is 92.7 Å². The number of nitrogens with zero attached hydrogens (tertiary/aromatic N) is 2. The number of hydrogen-bond acceptors (Lipinski definition) is 6. The molecule has 1 aliphatic carbocycles. The smallest absolute Gasteiger partial charge is 0.407 e. The van der Waals surface area contributed by atoms with Crippen LogP contribution in [-0.2, 0) is 30.0 Å². The third-order valence-electron chi connectivity index (χ3n) is 8.62. The average molecular weight is 672 g/mol. The molecule has 0 aromatic heterocycles. The van der Waals surface area contributed by atoms with Crippen LogP contribution in [0.4, 0.5) is 4.79 Å². The highest BCUT2D eigenvalue weighted by Crippen LogP contribution is 2.44. The molecule has 0 saturated heterocycles.